The van der Waals surface area contributed by atoms with E-state index in [0.717, 1.165) is 0 Å². The van der Waals surface area contributed by atoms with Crippen molar-refractivity contribution in [3.8, 4) is 0 Å². The van der Waals surface area contributed by atoms with Crippen LogP contribution in [0, 0.1) is 0 Å². The summed E-state index contributed by atoms with van der Waals surface area (Å²) >= 11 is 0. The molecule has 2 N–H and O–H groups in total. The standard InChI is InChI=1S/C3H4N2O/c4-3-1-2-5-6-3/h1-2H,4H2. The van der Waals surface area contributed by atoms with Crippen LogP contribution in [0.2, 0.25) is 0 Å². The first-order valence-corrected chi connectivity index (χ1v) is 1.56. The third kappa shape index (κ3) is 0.337. The van der Waals surface area contributed by atoms with E-state index in [4.69, 9.17) is 5.73 Å². The van der Waals surface area contributed by atoms with Gasteiger partial charge in [0.2, 0.25) is 5.88 Å². The van der Waals surface area contributed by atoms with Crippen molar-refractivity contribution in [1.29, 1.82) is 0 Å². The van der Waals surface area contributed by atoms with Crippen LogP contribution in [0.1, 0.15) is 0 Å². The Morgan fingerprint density at radius 2 is 2.67 bits per heavy atom. The summed E-state index contributed by atoms with van der Waals surface area (Å²) in [6.45, 7) is 0. The molecule has 0 aliphatic rings. The zero-order valence-corrected chi connectivity index (χ0v) is 3.09. The van der Waals surface area contributed by atoms with Gasteiger partial charge < -0.3 is 10.3 Å². The fourth-order valence-electron chi connectivity index (χ4n) is 0.226. The molecule has 0 saturated carbocycles. The number of hydrogen-bond donors (Lipinski definition) is 1. The first-order chi connectivity index (χ1) is 2.89. The van der Waals surface area contributed by atoms with E-state index in [1.165, 1.54) is 6.20 Å². The number of nitrogens with zero attached hydrogens (tertiary/aromatic N) is 1. The number of hydrogen-bond acceptors (Lipinski definition) is 3. The molecule has 1 aromatic rings. The van der Waals surface area contributed by atoms with E-state index in [2.05, 4.69) is 9.68 Å². The van der Waals surface area contributed by atoms with Crippen molar-refractivity contribution in [2.45, 2.75) is 0 Å². The summed E-state index contributed by atoms with van der Waals surface area (Å²) in [5.41, 5.74) is 5.05. The molecule has 3 nitrogen and oxygen atoms in total. The second-order valence-electron chi connectivity index (χ2n) is 0.915. The van der Waals surface area contributed by atoms with Gasteiger partial charge in [0.25, 0.3) is 0 Å². The van der Waals surface area contributed by atoms with Gasteiger partial charge in [-0.2, -0.15) is 0 Å². The van der Waals surface area contributed by atoms with Gasteiger partial charge in [-0.25, -0.2) is 0 Å². The molecule has 0 aromatic carbocycles. The molecule has 0 aliphatic heterocycles. The van der Waals surface area contributed by atoms with Gasteiger partial charge in [0.05, 0.1) is 6.20 Å². The Kier molecular flexibility index (Phi) is 0.538. The first-order valence-electron chi connectivity index (χ1n) is 1.56. The average Bonchev–Trinajstić information content (AvgIpc) is 1.86. The third-order valence-electron chi connectivity index (χ3n) is 0.458. The van der Waals surface area contributed by atoms with Crippen molar-refractivity contribution in [3.05, 3.63) is 12.3 Å². The molecule has 1 aromatic heterocycles. The number of rotatable bonds is 0. The van der Waals surface area contributed by atoms with Gasteiger partial charge in [0, 0.05) is 6.07 Å². The molecule has 0 aliphatic carbocycles. The maximum atomic E-state index is 5.05. The fourth-order valence-corrected chi connectivity index (χ4v) is 0.226. The molecule has 0 saturated heterocycles. The highest BCUT2D eigenvalue weighted by Crippen LogP contribution is 1.92. The fraction of sp³-hybridized carbons (Fsp3) is 0. The van der Waals surface area contributed by atoms with Crippen LogP contribution in [-0.4, -0.2) is 5.16 Å². The first kappa shape index (κ1) is 3.21. The Morgan fingerprint density at radius 3 is 2.83 bits per heavy atom. The number of aromatic nitrogens is 1. The lowest BCUT2D eigenvalue weighted by Crippen LogP contribution is -1.75. The molecule has 0 radical (unpaired) electrons. The quantitative estimate of drug-likeness (QED) is 0.490. The number of nitrogen functional groups attached to an aromatic ring is 1. The highest BCUT2D eigenvalue weighted by Gasteiger charge is 1.78. The van der Waals surface area contributed by atoms with Gasteiger partial charge in [-0.05, 0) is 0 Å². The second kappa shape index (κ2) is 1.01. The molecule has 1 rings (SSSR count). The monoisotopic (exact) mass is 84.0 g/mol. The summed E-state index contributed by atoms with van der Waals surface area (Å²) in [4.78, 5) is 0. The highest BCUT2D eigenvalue weighted by molar-refractivity contribution is 5.17. The SMILES string of the molecule is Nc1ccno1. The zero-order valence-electron chi connectivity index (χ0n) is 3.09. The topological polar surface area (TPSA) is 52.0 Å². The summed E-state index contributed by atoms with van der Waals surface area (Å²) in [7, 11) is 0. The van der Waals surface area contributed by atoms with E-state index in [0.29, 0.717) is 5.88 Å². The Morgan fingerprint density at radius 1 is 1.83 bits per heavy atom. The predicted octanol–water partition coefficient (Wildman–Crippen LogP) is 0.257. The van der Waals surface area contributed by atoms with Crippen molar-refractivity contribution in [2.24, 2.45) is 0 Å². The van der Waals surface area contributed by atoms with Crippen molar-refractivity contribution in [1.82, 2.24) is 5.16 Å². The summed E-state index contributed by atoms with van der Waals surface area (Å²) in [5.74, 6) is 0.356. The van der Waals surface area contributed by atoms with E-state index < -0.39 is 0 Å². The van der Waals surface area contributed by atoms with Crippen LogP contribution >= 0.6 is 0 Å². The molecule has 0 fully saturated rings. The smallest absolute Gasteiger partial charge is 0.222 e. The van der Waals surface area contributed by atoms with Crippen LogP contribution in [0.4, 0.5) is 5.88 Å². The van der Waals surface area contributed by atoms with Gasteiger partial charge in [-0.3, -0.25) is 0 Å². The molecule has 3 heteroatoms. The minimum Gasteiger partial charge on any atom is -0.368 e. The van der Waals surface area contributed by atoms with Gasteiger partial charge >= 0.3 is 0 Å². The molecule has 6 heavy (non-hydrogen) atoms. The molecule has 0 spiro atoms. The van der Waals surface area contributed by atoms with Gasteiger partial charge in [-0.15, -0.1) is 0 Å². The summed E-state index contributed by atoms with van der Waals surface area (Å²) in [6, 6.07) is 1.58. The molecular weight excluding hydrogens is 80.0 g/mol. The molecule has 0 bridgehead atoms. The van der Waals surface area contributed by atoms with E-state index >= 15 is 0 Å². The van der Waals surface area contributed by atoms with E-state index in [1.54, 1.807) is 6.07 Å². The molecule has 0 atom stereocenters. The predicted molar refractivity (Wildman–Crippen MR) is 20.9 cm³/mol. The van der Waals surface area contributed by atoms with Gasteiger partial charge in [0.15, 0.2) is 0 Å². The Hall–Kier alpha value is -0.990. The highest BCUT2D eigenvalue weighted by atomic mass is 16.5. The van der Waals surface area contributed by atoms with Crippen molar-refractivity contribution in [3.63, 3.8) is 0 Å². The summed E-state index contributed by atoms with van der Waals surface area (Å²) < 4.78 is 4.36. The summed E-state index contributed by atoms with van der Waals surface area (Å²) in [5, 5.41) is 3.32. The Labute approximate surface area is 34.7 Å². The number of nitrogens with two attached hydrogens (primary N) is 1. The normalized spacial score (nSPS) is 8.67. The lowest BCUT2D eigenvalue weighted by molar-refractivity contribution is 0.436. The molecular formula is C3H4N2O. The average molecular weight is 84.1 g/mol. The van der Waals surface area contributed by atoms with Crippen LogP contribution in [0.25, 0.3) is 0 Å². The Bertz CT molecular complexity index is 112. The van der Waals surface area contributed by atoms with Gasteiger partial charge in [-0.1, -0.05) is 5.16 Å². The molecule has 0 amide bonds. The maximum Gasteiger partial charge on any atom is 0.222 e. The van der Waals surface area contributed by atoms with Crippen LogP contribution in [0.15, 0.2) is 16.8 Å². The zero-order chi connectivity index (χ0) is 4.41. The van der Waals surface area contributed by atoms with Crippen molar-refractivity contribution >= 4 is 5.88 Å². The van der Waals surface area contributed by atoms with Crippen LogP contribution in [-0.2, 0) is 0 Å². The van der Waals surface area contributed by atoms with E-state index in [-0.39, 0.29) is 0 Å². The third-order valence-corrected chi connectivity index (χ3v) is 0.458. The van der Waals surface area contributed by atoms with Crippen LogP contribution in [0.3, 0.4) is 0 Å². The lowest BCUT2D eigenvalue weighted by atomic mass is 10.7. The Balaban J connectivity index is 3.05. The minimum absolute atomic E-state index is 0.356. The molecule has 32 valence electrons. The molecule has 1 heterocycles. The summed E-state index contributed by atoms with van der Waals surface area (Å²) in [6.07, 6.45) is 1.50. The second-order valence-corrected chi connectivity index (χ2v) is 0.915. The van der Waals surface area contributed by atoms with E-state index in [9.17, 15) is 0 Å². The molecule has 0 unspecified atom stereocenters. The largest absolute Gasteiger partial charge is 0.368 e. The van der Waals surface area contributed by atoms with E-state index in [1.807, 2.05) is 0 Å². The lowest BCUT2D eigenvalue weighted by Gasteiger charge is -1.67. The van der Waals surface area contributed by atoms with Crippen molar-refractivity contribution in [2.75, 3.05) is 5.73 Å². The maximum absolute atomic E-state index is 5.05. The van der Waals surface area contributed by atoms with Crippen LogP contribution < -0.4 is 5.73 Å². The van der Waals surface area contributed by atoms with Crippen molar-refractivity contribution < 1.29 is 4.52 Å². The van der Waals surface area contributed by atoms with Gasteiger partial charge in [0.1, 0.15) is 0 Å². The number of anilines is 1. The minimum atomic E-state index is 0.356. The van der Waals surface area contributed by atoms with Crippen LogP contribution in [0.5, 0.6) is 0 Å².